The fraction of sp³-hybridized carbons (Fsp3) is 0. The van der Waals surface area contributed by atoms with E-state index in [0.29, 0.717) is 5.69 Å². The van der Waals surface area contributed by atoms with Crippen LogP contribution in [0.25, 0.3) is 5.69 Å². The molecule has 1 aromatic heterocycles. The number of hydrogen-bond donors (Lipinski definition) is 2. The Kier molecular flexibility index (Phi) is 4.82. The number of nitrogens with one attached hydrogen (secondary N) is 1. The molecule has 0 bridgehead atoms. The number of carbonyl (C=O) groups excluding carboxylic acids is 1. The van der Waals surface area contributed by atoms with Gasteiger partial charge in [0.25, 0.3) is 11.5 Å². The molecule has 1 amide bonds. The first-order valence-electron chi connectivity index (χ1n) is 7.39. The molecule has 26 heavy (non-hydrogen) atoms. The van der Waals surface area contributed by atoms with Crippen LogP contribution in [0.1, 0.15) is 16.1 Å². The van der Waals surface area contributed by atoms with Crippen LogP contribution < -0.4 is 10.9 Å². The lowest BCUT2D eigenvalue weighted by Crippen LogP contribution is -2.25. The molecule has 2 aromatic carbocycles. The molecule has 2 N–H and O–H groups in total. The number of amides is 1. The fourth-order valence-electron chi connectivity index (χ4n) is 2.25. The maximum atomic E-state index is 12.5. The first-order chi connectivity index (χ1) is 12.5. The predicted molar refractivity (Wildman–Crippen MR) is 98.3 cm³/mol. The van der Waals surface area contributed by atoms with E-state index in [2.05, 4.69) is 26.3 Å². The minimum absolute atomic E-state index is 0.265. The molecule has 0 atom stereocenters. The molecular formula is C18H11BrN4O3. The van der Waals surface area contributed by atoms with Gasteiger partial charge in [0.2, 0.25) is 0 Å². The maximum Gasteiger partial charge on any atom is 0.280 e. The van der Waals surface area contributed by atoms with E-state index in [-0.39, 0.29) is 16.9 Å². The summed E-state index contributed by atoms with van der Waals surface area (Å²) in [4.78, 5) is 24.6. The van der Waals surface area contributed by atoms with E-state index in [1.54, 1.807) is 48.5 Å². The van der Waals surface area contributed by atoms with Crippen molar-refractivity contribution in [2.75, 3.05) is 5.32 Å². The standard InChI is InChI=1S/C18H11BrN4O3/c19-12-5-7-13(8-6-12)23-16(25)9-15(24)17(22-23)18(26)21-14-4-2-1-3-11(14)10-20/h1-9,24H,(H,21,26). The van der Waals surface area contributed by atoms with Gasteiger partial charge in [-0.05, 0) is 36.4 Å². The van der Waals surface area contributed by atoms with Crippen molar-refractivity contribution in [1.29, 1.82) is 5.26 Å². The molecule has 7 nitrogen and oxygen atoms in total. The van der Waals surface area contributed by atoms with Crippen LogP contribution >= 0.6 is 15.9 Å². The number of aromatic nitrogens is 2. The van der Waals surface area contributed by atoms with Crippen molar-refractivity contribution >= 4 is 27.5 Å². The molecule has 0 fully saturated rings. The van der Waals surface area contributed by atoms with E-state index in [1.165, 1.54) is 0 Å². The smallest absolute Gasteiger partial charge is 0.280 e. The number of carbonyl (C=O) groups is 1. The zero-order valence-electron chi connectivity index (χ0n) is 13.2. The third-order valence-corrected chi connectivity index (χ3v) is 4.02. The van der Waals surface area contributed by atoms with Gasteiger partial charge in [-0.1, -0.05) is 28.1 Å². The molecule has 3 rings (SSSR count). The second-order valence-corrected chi connectivity index (χ2v) is 6.13. The zero-order chi connectivity index (χ0) is 18.7. The summed E-state index contributed by atoms with van der Waals surface area (Å²) in [7, 11) is 0. The quantitative estimate of drug-likeness (QED) is 0.689. The van der Waals surface area contributed by atoms with E-state index < -0.39 is 17.2 Å². The molecule has 0 spiro atoms. The molecule has 0 unspecified atom stereocenters. The zero-order valence-corrected chi connectivity index (χ0v) is 14.8. The van der Waals surface area contributed by atoms with Gasteiger partial charge in [-0.15, -0.1) is 0 Å². The van der Waals surface area contributed by atoms with Crippen molar-refractivity contribution in [3.8, 4) is 17.5 Å². The van der Waals surface area contributed by atoms with Gasteiger partial charge in [-0.25, -0.2) is 0 Å². The van der Waals surface area contributed by atoms with Crippen molar-refractivity contribution in [1.82, 2.24) is 9.78 Å². The van der Waals surface area contributed by atoms with Gasteiger partial charge >= 0.3 is 0 Å². The van der Waals surface area contributed by atoms with Crippen LogP contribution in [0.15, 0.2) is 63.9 Å². The van der Waals surface area contributed by atoms with Gasteiger partial charge in [-0.2, -0.15) is 15.0 Å². The van der Waals surface area contributed by atoms with E-state index >= 15 is 0 Å². The molecule has 0 aliphatic rings. The minimum atomic E-state index is -0.740. The summed E-state index contributed by atoms with van der Waals surface area (Å²) in [5.41, 5.74) is 0.0629. The molecule has 0 saturated heterocycles. The van der Waals surface area contributed by atoms with Crippen molar-refractivity contribution in [3.05, 3.63) is 80.7 Å². The first-order valence-corrected chi connectivity index (χ1v) is 8.18. The Labute approximate surface area is 156 Å². The van der Waals surface area contributed by atoms with Gasteiger partial charge in [0.05, 0.1) is 16.9 Å². The van der Waals surface area contributed by atoms with Gasteiger partial charge in [0.1, 0.15) is 6.07 Å². The average molecular weight is 411 g/mol. The van der Waals surface area contributed by atoms with Gasteiger partial charge in [0.15, 0.2) is 11.4 Å². The summed E-state index contributed by atoms with van der Waals surface area (Å²) in [6.07, 6.45) is 0. The SMILES string of the molecule is N#Cc1ccccc1NC(=O)c1nn(-c2ccc(Br)cc2)c(=O)cc1O. The topological polar surface area (TPSA) is 108 Å². The van der Waals surface area contributed by atoms with E-state index in [9.17, 15) is 14.7 Å². The van der Waals surface area contributed by atoms with Crippen LogP contribution in [0.2, 0.25) is 0 Å². The molecule has 3 aromatic rings. The van der Waals surface area contributed by atoms with Gasteiger partial charge in [-0.3, -0.25) is 9.59 Å². The lowest BCUT2D eigenvalue weighted by molar-refractivity contribution is 0.101. The maximum absolute atomic E-state index is 12.5. The van der Waals surface area contributed by atoms with E-state index in [1.807, 2.05) is 6.07 Å². The van der Waals surface area contributed by atoms with Gasteiger partial charge < -0.3 is 10.4 Å². The number of nitriles is 1. The number of para-hydroxylation sites is 1. The average Bonchev–Trinajstić information content (AvgIpc) is 2.63. The number of rotatable bonds is 3. The Hall–Kier alpha value is -3.44. The van der Waals surface area contributed by atoms with Crippen LogP contribution in [0.3, 0.4) is 0 Å². The first kappa shape index (κ1) is 17.4. The largest absolute Gasteiger partial charge is 0.505 e. The lowest BCUT2D eigenvalue weighted by atomic mass is 10.2. The summed E-state index contributed by atoms with van der Waals surface area (Å²) in [5.74, 6) is -1.29. The Morgan fingerprint density at radius 2 is 1.88 bits per heavy atom. The Bertz CT molecular complexity index is 1080. The summed E-state index contributed by atoms with van der Waals surface area (Å²) in [6.45, 7) is 0. The van der Waals surface area contributed by atoms with Crippen LogP contribution in [-0.4, -0.2) is 20.8 Å². The molecule has 0 radical (unpaired) electrons. The second kappa shape index (κ2) is 7.21. The van der Waals surface area contributed by atoms with E-state index in [4.69, 9.17) is 5.26 Å². The number of hydrogen-bond acceptors (Lipinski definition) is 5. The Morgan fingerprint density at radius 3 is 2.58 bits per heavy atom. The number of benzene rings is 2. The Morgan fingerprint density at radius 1 is 1.19 bits per heavy atom. The highest BCUT2D eigenvalue weighted by atomic mass is 79.9. The number of nitrogens with zero attached hydrogens (tertiary/aromatic N) is 3. The third-order valence-electron chi connectivity index (χ3n) is 3.49. The minimum Gasteiger partial charge on any atom is -0.505 e. The molecule has 128 valence electrons. The van der Waals surface area contributed by atoms with Crippen LogP contribution in [0, 0.1) is 11.3 Å². The molecule has 0 aliphatic carbocycles. The third kappa shape index (κ3) is 3.48. The lowest BCUT2D eigenvalue weighted by Gasteiger charge is -2.10. The van der Waals surface area contributed by atoms with Crippen molar-refractivity contribution in [3.63, 3.8) is 0 Å². The summed E-state index contributed by atoms with van der Waals surface area (Å²) in [6, 6.07) is 16.0. The number of halogens is 1. The summed E-state index contributed by atoms with van der Waals surface area (Å²) < 4.78 is 1.83. The summed E-state index contributed by atoms with van der Waals surface area (Å²) in [5, 5.41) is 25.6. The molecule has 1 heterocycles. The molecule has 0 aliphatic heterocycles. The number of aromatic hydroxyl groups is 1. The highest BCUT2D eigenvalue weighted by Gasteiger charge is 2.18. The highest BCUT2D eigenvalue weighted by molar-refractivity contribution is 9.10. The molecule has 8 heteroatoms. The van der Waals surface area contributed by atoms with Gasteiger partial charge in [0, 0.05) is 10.5 Å². The van der Waals surface area contributed by atoms with Crippen LogP contribution in [0.4, 0.5) is 5.69 Å². The predicted octanol–water partition coefficient (Wildman–Crippen LogP) is 2.82. The molecular weight excluding hydrogens is 400 g/mol. The highest BCUT2D eigenvalue weighted by Crippen LogP contribution is 2.18. The normalized spacial score (nSPS) is 10.2. The van der Waals surface area contributed by atoms with Crippen molar-refractivity contribution in [2.24, 2.45) is 0 Å². The van der Waals surface area contributed by atoms with Crippen molar-refractivity contribution < 1.29 is 9.90 Å². The monoisotopic (exact) mass is 410 g/mol. The number of anilines is 1. The Balaban J connectivity index is 2.01. The van der Waals surface area contributed by atoms with Crippen molar-refractivity contribution in [2.45, 2.75) is 0 Å². The molecule has 0 saturated carbocycles. The summed E-state index contributed by atoms with van der Waals surface area (Å²) >= 11 is 3.30. The van der Waals surface area contributed by atoms with Crippen LogP contribution in [-0.2, 0) is 0 Å². The second-order valence-electron chi connectivity index (χ2n) is 5.22. The van der Waals surface area contributed by atoms with E-state index in [0.717, 1.165) is 15.2 Å². The fourth-order valence-corrected chi connectivity index (χ4v) is 2.51. The van der Waals surface area contributed by atoms with Crippen LogP contribution in [0.5, 0.6) is 5.75 Å².